The van der Waals surface area contributed by atoms with Crippen LogP contribution >= 0.6 is 0 Å². The highest BCUT2D eigenvalue weighted by molar-refractivity contribution is 5.96. The fourth-order valence-corrected chi connectivity index (χ4v) is 3.04. The number of rotatable bonds is 4. The second-order valence-electron chi connectivity index (χ2n) is 6.31. The number of non-ortho nitro benzene ring substituents is 1. The Bertz CT molecular complexity index is 672. The molecule has 0 radical (unpaired) electrons. The first-order valence-electron chi connectivity index (χ1n) is 7.72. The van der Waals surface area contributed by atoms with Gasteiger partial charge < -0.3 is 15.8 Å². The lowest BCUT2D eigenvalue weighted by Crippen LogP contribution is -2.51. The number of methoxy groups -OCH3 is 1. The number of esters is 1. The summed E-state index contributed by atoms with van der Waals surface area (Å²) in [5.41, 5.74) is 5.47. The molecule has 130 valence electrons. The van der Waals surface area contributed by atoms with E-state index in [2.05, 4.69) is 10.1 Å². The van der Waals surface area contributed by atoms with Gasteiger partial charge in [-0.05, 0) is 25.8 Å². The molecule has 0 saturated heterocycles. The Morgan fingerprint density at radius 2 is 2.08 bits per heavy atom. The van der Waals surface area contributed by atoms with Crippen molar-refractivity contribution in [2.45, 2.75) is 38.1 Å². The molecule has 0 aromatic heterocycles. The summed E-state index contributed by atoms with van der Waals surface area (Å²) >= 11 is 0. The van der Waals surface area contributed by atoms with Crippen molar-refractivity contribution in [1.29, 1.82) is 0 Å². The standard InChI is InChI=1S/C16H21N3O5/c1-16(17)6-4-3-5-13(16)14(20)18-11-7-10(15(21)24-2)8-12(9-11)19(22)23/h7-9,13H,3-6,17H2,1-2H3,(H,18,20). The summed E-state index contributed by atoms with van der Waals surface area (Å²) in [5.74, 6) is -1.39. The van der Waals surface area contributed by atoms with Crippen LogP contribution in [0.2, 0.25) is 0 Å². The molecule has 0 heterocycles. The van der Waals surface area contributed by atoms with Crippen LogP contribution in [0.4, 0.5) is 11.4 Å². The Morgan fingerprint density at radius 1 is 1.38 bits per heavy atom. The zero-order valence-electron chi connectivity index (χ0n) is 13.7. The number of amides is 1. The molecule has 1 aliphatic rings. The number of nitrogens with one attached hydrogen (secondary N) is 1. The number of hydrogen-bond acceptors (Lipinski definition) is 6. The molecule has 3 N–H and O–H groups in total. The summed E-state index contributed by atoms with van der Waals surface area (Å²) in [4.78, 5) is 34.6. The van der Waals surface area contributed by atoms with Crippen molar-refractivity contribution < 1.29 is 19.2 Å². The van der Waals surface area contributed by atoms with E-state index in [0.29, 0.717) is 6.42 Å². The lowest BCUT2D eigenvalue weighted by atomic mass is 9.74. The third-order valence-electron chi connectivity index (χ3n) is 4.39. The predicted molar refractivity (Wildman–Crippen MR) is 87.6 cm³/mol. The Labute approximate surface area is 139 Å². The van der Waals surface area contributed by atoms with Crippen LogP contribution in [-0.2, 0) is 9.53 Å². The second-order valence-corrected chi connectivity index (χ2v) is 6.31. The van der Waals surface area contributed by atoms with E-state index in [9.17, 15) is 19.7 Å². The number of nitrogens with two attached hydrogens (primary N) is 1. The van der Waals surface area contributed by atoms with Gasteiger partial charge in [-0.2, -0.15) is 0 Å². The lowest BCUT2D eigenvalue weighted by molar-refractivity contribution is -0.384. The summed E-state index contributed by atoms with van der Waals surface area (Å²) < 4.78 is 4.59. The molecule has 1 amide bonds. The summed E-state index contributed by atoms with van der Waals surface area (Å²) in [5, 5.41) is 13.7. The van der Waals surface area contributed by atoms with Crippen LogP contribution < -0.4 is 11.1 Å². The minimum absolute atomic E-state index is 0.00107. The second kappa shape index (κ2) is 6.96. The molecule has 2 unspecified atom stereocenters. The van der Waals surface area contributed by atoms with Crippen LogP contribution in [0.15, 0.2) is 18.2 Å². The monoisotopic (exact) mass is 335 g/mol. The number of carbonyl (C=O) groups excluding carboxylic acids is 2. The molecule has 2 rings (SSSR count). The third-order valence-corrected chi connectivity index (χ3v) is 4.39. The highest BCUT2D eigenvalue weighted by atomic mass is 16.6. The first kappa shape index (κ1) is 17.9. The molecule has 1 aromatic rings. The van der Waals surface area contributed by atoms with Crippen LogP contribution in [0.5, 0.6) is 0 Å². The van der Waals surface area contributed by atoms with Crippen molar-refractivity contribution >= 4 is 23.3 Å². The number of nitro groups is 1. The Morgan fingerprint density at radius 3 is 2.67 bits per heavy atom. The van der Waals surface area contributed by atoms with E-state index in [1.165, 1.54) is 19.2 Å². The molecule has 0 aliphatic heterocycles. The maximum absolute atomic E-state index is 12.5. The van der Waals surface area contributed by atoms with E-state index in [-0.39, 0.29) is 28.8 Å². The highest BCUT2D eigenvalue weighted by Gasteiger charge is 2.37. The number of ether oxygens (including phenoxy) is 1. The van der Waals surface area contributed by atoms with E-state index in [1.807, 2.05) is 6.92 Å². The summed E-state index contributed by atoms with van der Waals surface area (Å²) in [6, 6.07) is 3.67. The first-order valence-corrected chi connectivity index (χ1v) is 7.72. The molecule has 1 aliphatic carbocycles. The molecular formula is C16H21N3O5. The zero-order chi connectivity index (χ0) is 17.9. The van der Waals surface area contributed by atoms with Gasteiger partial charge in [-0.3, -0.25) is 14.9 Å². The topological polar surface area (TPSA) is 125 Å². The van der Waals surface area contributed by atoms with Crippen molar-refractivity contribution in [1.82, 2.24) is 0 Å². The third kappa shape index (κ3) is 3.88. The fourth-order valence-electron chi connectivity index (χ4n) is 3.04. The smallest absolute Gasteiger partial charge is 0.338 e. The maximum atomic E-state index is 12.5. The zero-order valence-corrected chi connectivity index (χ0v) is 13.7. The van der Waals surface area contributed by atoms with Crippen LogP contribution in [0.3, 0.4) is 0 Å². The normalized spacial score (nSPS) is 23.4. The maximum Gasteiger partial charge on any atom is 0.338 e. The van der Waals surface area contributed by atoms with Crippen LogP contribution in [-0.4, -0.2) is 29.4 Å². The number of hydrogen-bond donors (Lipinski definition) is 2. The minimum Gasteiger partial charge on any atom is -0.465 e. The van der Waals surface area contributed by atoms with Gasteiger partial charge in [0.15, 0.2) is 0 Å². The Balaban J connectivity index is 2.27. The van der Waals surface area contributed by atoms with Crippen LogP contribution in [0, 0.1) is 16.0 Å². The molecule has 24 heavy (non-hydrogen) atoms. The van der Waals surface area contributed by atoms with Crippen molar-refractivity contribution in [3.8, 4) is 0 Å². The van der Waals surface area contributed by atoms with Crippen molar-refractivity contribution in [2.75, 3.05) is 12.4 Å². The number of nitro benzene ring substituents is 1. The quantitative estimate of drug-likeness (QED) is 0.494. The van der Waals surface area contributed by atoms with Gasteiger partial charge >= 0.3 is 5.97 Å². The SMILES string of the molecule is COC(=O)c1cc(NC(=O)C2CCCCC2(C)N)cc([N+](=O)[O-])c1. The number of carbonyl (C=O) groups is 2. The predicted octanol–water partition coefficient (Wildman–Crippen LogP) is 2.23. The van der Waals surface area contributed by atoms with Gasteiger partial charge in [-0.25, -0.2) is 4.79 Å². The molecule has 0 bridgehead atoms. The average Bonchev–Trinajstić information content (AvgIpc) is 2.53. The summed E-state index contributed by atoms with van der Waals surface area (Å²) in [6.07, 6.45) is 3.29. The number of nitrogens with zero attached hydrogens (tertiary/aromatic N) is 1. The summed E-state index contributed by atoms with van der Waals surface area (Å²) in [7, 11) is 1.18. The molecule has 8 heteroatoms. The van der Waals surface area contributed by atoms with E-state index in [1.54, 1.807) is 0 Å². The van der Waals surface area contributed by atoms with Crippen LogP contribution in [0.1, 0.15) is 43.0 Å². The largest absolute Gasteiger partial charge is 0.465 e. The first-order chi connectivity index (χ1) is 11.2. The van der Waals surface area contributed by atoms with Gasteiger partial charge in [0.1, 0.15) is 0 Å². The van der Waals surface area contributed by atoms with Crippen molar-refractivity contribution in [3.05, 3.63) is 33.9 Å². The highest BCUT2D eigenvalue weighted by Crippen LogP contribution is 2.33. The Kier molecular flexibility index (Phi) is 5.18. The molecule has 2 atom stereocenters. The van der Waals surface area contributed by atoms with E-state index in [4.69, 9.17) is 5.73 Å². The van der Waals surface area contributed by atoms with E-state index in [0.717, 1.165) is 25.3 Å². The molecular weight excluding hydrogens is 314 g/mol. The van der Waals surface area contributed by atoms with E-state index < -0.39 is 16.4 Å². The van der Waals surface area contributed by atoms with E-state index >= 15 is 0 Å². The fraction of sp³-hybridized carbons (Fsp3) is 0.500. The minimum atomic E-state index is -0.712. The molecule has 8 nitrogen and oxygen atoms in total. The van der Waals surface area contributed by atoms with Gasteiger partial charge in [0.25, 0.3) is 5.69 Å². The number of anilines is 1. The summed E-state index contributed by atoms with van der Waals surface area (Å²) in [6.45, 7) is 1.84. The van der Waals surface area contributed by atoms with Gasteiger partial charge in [0.2, 0.25) is 5.91 Å². The molecule has 1 saturated carbocycles. The van der Waals surface area contributed by atoms with Gasteiger partial charge in [-0.1, -0.05) is 12.8 Å². The lowest BCUT2D eigenvalue weighted by Gasteiger charge is -2.37. The molecule has 1 aromatic carbocycles. The van der Waals surface area contributed by atoms with Gasteiger partial charge in [0, 0.05) is 23.4 Å². The molecule has 1 fully saturated rings. The average molecular weight is 335 g/mol. The Hall–Kier alpha value is -2.48. The van der Waals surface area contributed by atoms with Gasteiger partial charge in [0.05, 0.1) is 23.5 Å². The van der Waals surface area contributed by atoms with Crippen LogP contribution in [0.25, 0.3) is 0 Å². The van der Waals surface area contributed by atoms with Crippen molar-refractivity contribution in [2.24, 2.45) is 11.7 Å². The number of benzene rings is 1. The van der Waals surface area contributed by atoms with Crippen molar-refractivity contribution in [3.63, 3.8) is 0 Å². The van der Waals surface area contributed by atoms with Gasteiger partial charge in [-0.15, -0.1) is 0 Å². The molecule has 0 spiro atoms.